The minimum Gasteiger partial charge on any atom is -0.855 e. The molecule has 0 radical (unpaired) electrons. The van der Waals surface area contributed by atoms with E-state index in [4.69, 9.17) is 0 Å². The van der Waals surface area contributed by atoms with Gasteiger partial charge in [0.25, 0.3) is 0 Å². The number of hydrogen-bond donors (Lipinski definition) is 1. The molecule has 0 aliphatic rings. The topological polar surface area (TPSA) is 94.2 Å². The summed E-state index contributed by atoms with van der Waals surface area (Å²) in [4.78, 5) is 28.2. The highest BCUT2D eigenvalue weighted by atomic mass is 16.3. The summed E-state index contributed by atoms with van der Waals surface area (Å²) >= 11 is 0. The molecule has 0 bridgehead atoms. The zero-order chi connectivity index (χ0) is 17.8. The number of H-pyrrole nitrogens is 1. The lowest BCUT2D eigenvalue weighted by Gasteiger charge is -2.06. The Labute approximate surface area is 143 Å². The average Bonchev–Trinajstić information content (AvgIpc) is 2.92. The van der Waals surface area contributed by atoms with Gasteiger partial charge in [0.05, 0.1) is 5.69 Å². The second kappa shape index (κ2) is 6.96. The van der Waals surface area contributed by atoms with Crippen LogP contribution in [-0.2, 0) is 11.3 Å². The van der Waals surface area contributed by atoms with E-state index in [0.29, 0.717) is 11.4 Å². The Bertz CT molecular complexity index is 973. The Morgan fingerprint density at radius 1 is 1.12 bits per heavy atom. The van der Waals surface area contributed by atoms with Gasteiger partial charge in [-0.05, 0) is 31.2 Å². The highest BCUT2D eigenvalue weighted by Crippen LogP contribution is 2.10. The molecule has 0 saturated heterocycles. The van der Waals surface area contributed by atoms with Gasteiger partial charge in [0, 0.05) is 5.90 Å². The first kappa shape index (κ1) is 16.4. The van der Waals surface area contributed by atoms with E-state index in [9.17, 15) is 14.7 Å². The Morgan fingerprint density at radius 2 is 1.72 bits per heavy atom. The van der Waals surface area contributed by atoms with Gasteiger partial charge in [0.1, 0.15) is 0 Å². The van der Waals surface area contributed by atoms with E-state index in [1.807, 2.05) is 6.07 Å². The van der Waals surface area contributed by atoms with Crippen molar-refractivity contribution in [3.8, 4) is 5.69 Å². The van der Waals surface area contributed by atoms with Crippen LogP contribution in [-0.4, -0.2) is 21.6 Å². The normalized spacial score (nSPS) is 11.5. The number of Topliss-reactive ketones (excluding diaryl/α,β-unsaturated/α-hetero) is 1. The first-order chi connectivity index (χ1) is 12.1. The van der Waals surface area contributed by atoms with Crippen molar-refractivity contribution in [1.82, 2.24) is 9.90 Å². The van der Waals surface area contributed by atoms with E-state index in [1.165, 1.54) is 16.3 Å². The fourth-order valence-corrected chi connectivity index (χ4v) is 2.41. The van der Waals surface area contributed by atoms with Crippen molar-refractivity contribution in [2.75, 3.05) is 0 Å². The van der Waals surface area contributed by atoms with Gasteiger partial charge < -0.3 is 5.11 Å². The molecule has 0 aliphatic heterocycles. The number of aromatic nitrogens is 3. The summed E-state index contributed by atoms with van der Waals surface area (Å²) in [5, 5.41) is 15.3. The number of benzene rings is 2. The molecular formula is C18H16N4O3. The van der Waals surface area contributed by atoms with Crippen LogP contribution in [0.15, 0.2) is 70.5 Å². The van der Waals surface area contributed by atoms with Gasteiger partial charge in [-0.2, -0.15) is 0 Å². The fourth-order valence-electron chi connectivity index (χ4n) is 2.41. The van der Waals surface area contributed by atoms with Crippen LogP contribution in [0.3, 0.4) is 0 Å². The van der Waals surface area contributed by atoms with E-state index in [2.05, 4.69) is 10.2 Å². The molecule has 0 spiro atoms. The third-order valence-electron chi connectivity index (χ3n) is 3.48. The molecule has 2 aromatic carbocycles. The second-order valence-electron chi connectivity index (χ2n) is 5.47. The number of nitrogens with one attached hydrogen (secondary N) is 1. The van der Waals surface area contributed by atoms with Gasteiger partial charge in [-0.25, -0.2) is 4.79 Å². The predicted molar refractivity (Wildman–Crippen MR) is 89.9 cm³/mol. The van der Waals surface area contributed by atoms with Crippen LogP contribution in [0.25, 0.3) is 5.69 Å². The van der Waals surface area contributed by atoms with Gasteiger partial charge in [-0.15, -0.1) is 4.68 Å². The van der Waals surface area contributed by atoms with Crippen LogP contribution in [0.5, 0.6) is 0 Å². The largest absolute Gasteiger partial charge is 0.855 e. The minimum absolute atomic E-state index is 0.125. The molecule has 7 nitrogen and oxygen atoms in total. The van der Waals surface area contributed by atoms with Gasteiger partial charge in [-0.3, -0.25) is 9.79 Å². The fraction of sp³-hybridized carbons (Fsp3) is 0.111. The van der Waals surface area contributed by atoms with Crippen LogP contribution in [0.4, 0.5) is 5.69 Å². The number of ketones is 1. The monoisotopic (exact) mass is 336 g/mol. The zero-order valence-corrected chi connectivity index (χ0v) is 13.5. The van der Waals surface area contributed by atoms with Gasteiger partial charge in [0.15, 0.2) is 18.0 Å². The summed E-state index contributed by atoms with van der Waals surface area (Å²) in [6, 6.07) is 17.4. The van der Waals surface area contributed by atoms with Crippen molar-refractivity contribution in [3.63, 3.8) is 0 Å². The molecule has 1 N–H and O–H groups in total. The summed E-state index contributed by atoms with van der Waals surface area (Å²) in [6.45, 7) is 1.26. The van der Waals surface area contributed by atoms with Crippen molar-refractivity contribution in [2.24, 2.45) is 4.99 Å². The second-order valence-corrected chi connectivity index (χ2v) is 5.47. The molecule has 126 valence electrons. The first-order valence-corrected chi connectivity index (χ1v) is 7.67. The number of aliphatic imine (C=N–C) groups is 1. The lowest BCUT2D eigenvalue weighted by atomic mass is 10.3. The molecule has 7 heteroatoms. The molecule has 25 heavy (non-hydrogen) atoms. The summed E-state index contributed by atoms with van der Waals surface area (Å²) in [7, 11) is 0. The van der Waals surface area contributed by atoms with Crippen molar-refractivity contribution in [1.29, 1.82) is 0 Å². The average molecular weight is 336 g/mol. The Morgan fingerprint density at radius 3 is 2.32 bits per heavy atom. The third kappa shape index (κ3) is 3.55. The van der Waals surface area contributed by atoms with E-state index in [0.717, 1.165) is 0 Å². The van der Waals surface area contributed by atoms with E-state index >= 15 is 0 Å². The smallest absolute Gasteiger partial charge is 0.406 e. The first-order valence-electron chi connectivity index (χ1n) is 7.67. The standard InChI is InChI=1S/C18H16N4O3/c1-13(23)12-21-16(17(24)19-14-8-4-2-5-9-14)18(25)22(20-21)15-10-6-3-7-11-15/h2-11H,12H2,1H3,(H-,19,20,24,25). The van der Waals surface area contributed by atoms with Crippen LogP contribution in [0.2, 0.25) is 0 Å². The zero-order valence-electron chi connectivity index (χ0n) is 13.5. The molecule has 1 heterocycles. The summed E-state index contributed by atoms with van der Waals surface area (Å²) < 4.78 is 2.45. The maximum atomic E-state index is 12.7. The van der Waals surface area contributed by atoms with Crippen molar-refractivity contribution < 1.29 is 14.6 Å². The number of aromatic amines is 1. The number of rotatable bonds is 5. The molecule has 3 rings (SSSR count). The highest BCUT2D eigenvalue weighted by Gasteiger charge is 2.24. The van der Waals surface area contributed by atoms with Gasteiger partial charge in [-0.1, -0.05) is 46.3 Å². The molecule has 0 unspecified atom stereocenters. The van der Waals surface area contributed by atoms with E-state index in [-0.39, 0.29) is 18.0 Å². The van der Waals surface area contributed by atoms with Crippen molar-refractivity contribution >= 4 is 17.4 Å². The quantitative estimate of drug-likeness (QED) is 0.417. The number of hydrogen-bond acceptors (Lipinski definition) is 4. The number of carbonyl (C=O) groups excluding carboxylic acids is 1. The lowest BCUT2D eigenvalue weighted by Crippen LogP contribution is -2.48. The summed E-state index contributed by atoms with van der Waals surface area (Å²) in [5.41, 5.74) is 0.248. The number of nitrogens with zero attached hydrogens (tertiary/aromatic N) is 3. The van der Waals surface area contributed by atoms with Crippen LogP contribution >= 0.6 is 0 Å². The van der Waals surface area contributed by atoms with Crippen molar-refractivity contribution in [2.45, 2.75) is 13.5 Å². The molecule has 0 atom stereocenters. The Hall–Kier alpha value is -3.48. The molecule has 0 saturated carbocycles. The summed E-state index contributed by atoms with van der Waals surface area (Å²) in [6.07, 6.45) is 0. The van der Waals surface area contributed by atoms with Crippen LogP contribution < -0.4 is 15.3 Å². The van der Waals surface area contributed by atoms with Crippen LogP contribution in [0, 0.1) is 0 Å². The number of para-hydroxylation sites is 2. The van der Waals surface area contributed by atoms with Gasteiger partial charge in [0.2, 0.25) is 5.69 Å². The van der Waals surface area contributed by atoms with E-state index in [1.54, 1.807) is 54.6 Å². The maximum absolute atomic E-state index is 12.7. The molecule has 0 aliphatic carbocycles. The Kier molecular flexibility index (Phi) is 4.56. The van der Waals surface area contributed by atoms with E-state index < -0.39 is 11.5 Å². The van der Waals surface area contributed by atoms with Crippen LogP contribution in [0.1, 0.15) is 12.6 Å². The molecule has 1 aromatic heterocycles. The lowest BCUT2D eigenvalue weighted by molar-refractivity contribution is -0.745. The van der Waals surface area contributed by atoms with Gasteiger partial charge >= 0.3 is 5.56 Å². The molecule has 0 amide bonds. The molecule has 0 fully saturated rings. The number of carbonyl (C=O) groups is 1. The minimum atomic E-state index is -0.705. The molecule has 3 aromatic rings. The van der Waals surface area contributed by atoms with Crippen molar-refractivity contribution in [3.05, 3.63) is 76.7 Å². The third-order valence-corrected chi connectivity index (χ3v) is 3.48. The molecular weight excluding hydrogens is 320 g/mol. The summed E-state index contributed by atoms with van der Waals surface area (Å²) in [5.74, 6) is -0.899. The highest BCUT2D eigenvalue weighted by molar-refractivity contribution is 5.89. The SMILES string of the molecule is CC(=O)C[n+]1[nH]n(-c2ccccc2)c(=O)c1C([O-])=Nc1ccccc1. The Balaban J connectivity index is 2.14. The predicted octanol–water partition coefficient (Wildman–Crippen LogP) is 0.481. The maximum Gasteiger partial charge on any atom is 0.406 e.